The van der Waals surface area contributed by atoms with Gasteiger partial charge in [0.05, 0.1) is 40.5 Å². The summed E-state index contributed by atoms with van der Waals surface area (Å²) in [5.41, 5.74) is 1.48. The highest BCUT2D eigenvalue weighted by molar-refractivity contribution is 7.94. The number of hydrogen-bond donors (Lipinski definition) is 2. The summed E-state index contributed by atoms with van der Waals surface area (Å²) in [6.45, 7) is 7.62. The van der Waals surface area contributed by atoms with Gasteiger partial charge in [0.2, 0.25) is 0 Å². The van der Waals surface area contributed by atoms with Crippen LogP contribution in [0.15, 0.2) is 58.1 Å². The molecule has 0 spiro atoms. The lowest BCUT2D eigenvalue weighted by molar-refractivity contribution is -0.0177. The third-order valence-corrected chi connectivity index (χ3v) is 11.5. The smallest absolute Gasteiger partial charge is 0.271 e. The Morgan fingerprint density at radius 2 is 1.91 bits per heavy atom. The van der Waals surface area contributed by atoms with Gasteiger partial charge in [0.25, 0.3) is 15.9 Å². The summed E-state index contributed by atoms with van der Waals surface area (Å²) in [4.78, 5) is 18.1. The molecule has 1 amide bonds. The molecule has 1 aliphatic heterocycles. The monoisotopic (exact) mass is 711 g/mol. The summed E-state index contributed by atoms with van der Waals surface area (Å²) in [5.74, 6) is -0.112. The van der Waals surface area contributed by atoms with Crippen LogP contribution >= 0.6 is 34.5 Å². The van der Waals surface area contributed by atoms with Gasteiger partial charge in [-0.15, -0.1) is 11.3 Å². The molecule has 252 valence electrons. The molecule has 1 aromatic heterocycles. The van der Waals surface area contributed by atoms with E-state index in [1.54, 1.807) is 41.5 Å². The van der Waals surface area contributed by atoms with Crippen molar-refractivity contribution in [2.45, 2.75) is 69.0 Å². The molecule has 0 saturated heterocycles. The van der Waals surface area contributed by atoms with Crippen LogP contribution < -0.4 is 9.46 Å². The van der Waals surface area contributed by atoms with Crippen LogP contribution in [0, 0.1) is 5.92 Å². The normalized spacial score (nSPS) is 20.9. The minimum Gasteiger partial charge on any atom is -0.490 e. The Bertz CT molecular complexity index is 1560. The van der Waals surface area contributed by atoms with E-state index < -0.39 is 16.1 Å². The Morgan fingerprint density at radius 3 is 2.61 bits per heavy atom. The number of likely N-dealkylation sites (N-methyl/N-ethyl adjacent to an activating group) is 1. The van der Waals surface area contributed by atoms with Crippen molar-refractivity contribution in [3.05, 3.63) is 75.1 Å². The number of carbonyl (C=O) groups is 1. The number of carbonyl (C=O) groups excluding carboxylic acids is 1. The molecule has 3 aromatic rings. The Balaban J connectivity index is 1.62. The predicted octanol–water partition coefficient (Wildman–Crippen LogP) is 6.78. The zero-order chi connectivity index (χ0) is 33.4. The van der Waals surface area contributed by atoms with Gasteiger partial charge in [-0.3, -0.25) is 14.4 Å². The number of halogens is 2. The number of aliphatic hydroxyl groups excluding tert-OH is 1. The van der Waals surface area contributed by atoms with Crippen molar-refractivity contribution >= 4 is 56.2 Å². The first-order valence-corrected chi connectivity index (χ1v) is 18.5. The van der Waals surface area contributed by atoms with Crippen LogP contribution in [0.1, 0.15) is 56.0 Å². The molecule has 0 aliphatic carbocycles. The molecule has 46 heavy (non-hydrogen) atoms. The molecule has 0 fully saturated rings. The minimum atomic E-state index is -3.84. The summed E-state index contributed by atoms with van der Waals surface area (Å²) in [5, 5.41) is 12.9. The van der Waals surface area contributed by atoms with Crippen LogP contribution in [0.5, 0.6) is 5.75 Å². The quantitative estimate of drug-likeness (QED) is 0.252. The Hall–Kier alpha value is -2.38. The summed E-state index contributed by atoms with van der Waals surface area (Å²) in [6.07, 6.45) is 2.06. The molecular formula is C33H43Cl2N3O6S2. The minimum absolute atomic E-state index is 0.110. The second kappa shape index (κ2) is 16.6. The van der Waals surface area contributed by atoms with Gasteiger partial charge in [0.15, 0.2) is 0 Å². The van der Waals surface area contributed by atoms with Crippen LogP contribution in [0.25, 0.3) is 0 Å². The molecule has 2 aromatic carbocycles. The first-order chi connectivity index (χ1) is 21.9. The van der Waals surface area contributed by atoms with E-state index in [4.69, 9.17) is 32.7 Å². The first-order valence-electron chi connectivity index (χ1n) is 15.4. The molecule has 4 atom stereocenters. The van der Waals surface area contributed by atoms with Crippen molar-refractivity contribution in [3.63, 3.8) is 0 Å². The van der Waals surface area contributed by atoms with E-state index in [0.29, 0.717) is 42.0 Å². The van der Waals surface area contributed by atoms with Gasteiger partial charge >= 0.3 is 0 Å². The van der Waals surface area contributed by atoms with E-state index in [2.05, 4.69) is 9.62 Å². The molecule has 0 saturated carbocycles. The van der Waals surface area contributed by atoms with Crippen molar-refractivity contribution in [2.75, 3.05) is 38.1 Å². The van der Waals surface area contributed by atoms with Gasteiger partial charge in [0.1, 0.15) is 9.96 Å². The largest absolute Gasteiger partial charge is 0.490 e. The van der Waals surface area contributed by atoms with E-state index in [-0.39, 0.29) is 46.1 Å². The van der Waals surface area contributed by atoms with E-state index in [9.17, 15) is 18.3 Å². The molecule has 0 radical (unpaired) electrons. The summed E-state index contributed by atoms with van der Waals surface area (Å²) < 4.78 is 41.4. The van der Waals surface area contributed by atoms with Crippen LogP contribution in [-0.4, -0.2) is 80.8 Å². The average Bonchev–Trinajstić information content (AvgIpc) is 3.57. The average molecular weight is 713 g/mol. The third kappa shape index (κ3) is 9.82. The maximum absolute atomic E-state index is 14.3. The number of thiophene rings is 1. The molecule has 0 unspecified atom stereocenters. The standard InChI is InChI=1S/C33H43Cl2N3O6S2/c1-22-18-38(23(2)21-39)33(40)27-17-26(36-46(41,42)32-9-7-15-45-32)11-13-30(27)44-24(3)8-5-6-14-43-31(22)20-37(4)19-25-10-12-28(34)29(35)16-25/h7,9-13,15-17,22-24,31,36,39H,5-6,8,14,18-21H2,1-4H3/t22-,23-,24+,31-/m0/s1. The fourth-order valence-electron chi connectivity index (χ4n) is 5.39. The van der Waals surface area contributed by atoms with Crippen molar-refractivity contribution in [1.29, 1.82) is 0 Å². The molecule has 1 aliphatic rings. The maximum atomic E-state index is 14.3. The van der Waals surface area contributed by atoms with Gasteiger partial charge in [-0.1, -0.05) is 42.3 Å². The number of benzene rings is 2. The third-order valence-electron chi connectivity index (χ3n) is 7.99. The van der Waals surface area contributed by atoms with Gasteiger partial charge in [-0.25, -0.2) is 8.42 Å². The fourth-order valence-corrected chi connectivity index (χ4v) is 7.75. The number of fused-ring (bicyclic) bond motifs is 1. The Labute approximate surface area is 286 Å². The number of aliphatic hydroxyl groups is 1. The second-order valence-corrected chi connectivity index (χ2v) is 15.7. The van der Waals surface area contributed by atoms with Crippen molar-refractivity contribution < 1.29 is 27.8 Å². The van der Waals surface area contributed by atoms with Crippen LogP contribution in [-0.2, 0) is 21.3 Å². The zero-order valence-electron chi connectivity index (χ0n) is 26.6. The number of amides is 1. The van der Waals surface area contributed by atoms with Crippen LogP contribution in [0.2, 0.25) is 10.0 Å². The van der Waals surface area contributed by atoms with Crippen molar-refractivity contribution in [1.82, 2.24) is 9.80 Å². The number of anilines is 1. The highest BCUT2D eigenvalue weighted by Gasteiger charge is 2.31. The molecule has 4 rings (SSSR count). The second-order valence-electron chi connectivity index (χ2n) is 12.0. The van der Waals surface area contributed by atoms with E-state index in [1.165, 1.54) is 12.1 Å². The first kappa shape index (κ1) is 36.5. The molecule has 2 heterocycles. The number of sulfonamides is 1. The number of rotatable bonds is 9. The van der Waals surface area contributed by atoms with E-state index >= 15 is 0 Å². The summed E-state index contributed by atoms with van der Waals surface area (Å²) >= 11 is 13.5. The van der Waals surface area contributed by atoms with Gasteiger partial charge in [0, 0.05) is 37.8 Å². The molecule has 13 heteroatoms. The number of ether oxygens (including phenoxy) is 2. The zero-order valence-corrected chi connectivity index (χ0v) is 29.8. The van der Waals surface area contributed by atoms with Crippen molar-refractivity contribution in [2.24, 2.45) is 5.92 Å². The predicted molar refractivity (Wildman–Crippen MR) is 185 cm³/mol. The highest BCUT2D eigenvalue weighted by atomic mass is 35.5. The lowest BCUT2D eigenvalue weighted by Crippen LogP contribution is -2.47. The Morgan fingerprint density at radius 1 is 1.13 bits per heavy atom. The van der Waals surface area contributed by atoms with Gasteiger partial charge < -0.3 is 19.5 Å². The SMILES string of the molecule is C[C@@H]1CCCCO[C@@H](CN(C)Cc2ccc(Cl)c(Cl)c2)[C@@H](C)CN([C@@H](C)CO)C(=O)c2cc(NS(=O)(=O)c3cccs3)ccc2O1. The number of nitrogens with one attached hydrogen (secondary N) is 1. The number of hydrogen-bond acceptors (Lipinski definition) is 8. The highest BCUT2D eigenvalue weighted by Crippen LogP contribution is 2.30. The molecule has 2 N–H and O–H groups in total. The van der Waals surface area contributed by atoms with E-state index in [1.807, 2.05) is 33.0 Å². The Kier molecular flexibility index (Phi) is 13.2. The molecular weight excluding hydrogens is 669 g/mol. The topological polar surface area (TPSA) is 108 Å². The maximum Gasteiger partial charge on any atom is 0.271 e. The summed E-state index contributed by atoms with van der Waals surface area (Å²) in [6, 6.07) is 13.0. The van der Waals surface area contributed by atoms with Crippen LogP contribution in [0.4, 0.5) is 5.69 Å². The number of nitrogens with zero attached hydrogens (tertiary/aromatic N) is 2. The fraction of sp³-hybridized carbons (Fsp3) is 0.485. The van der Waals surface area contributed by atoms with Crippen LogP contribution in [0.3, 0.4) is 0 Å². The molecule has 9 nitrogen and oxygen atoms in total. The van der Waals surface area contributed by atoms with Crippen molar-refractivity contribution in [3.8, 4) is 5.75 Å². The lowest BCUT2D eigenvalue weighted by Gasteiger charge is -2.36. The summed E-state index contributed by atoms with van der Waals surface area (Å²) in [7, 11) is -1.82. The van der Waals surface area contributed by atoms with E-state index in [0.717, 1.165) is 36.2 Å². The van der Waals surface area contributed by atoms with Gasteiger partial charge in [-0.05, 0) is 87.5 Å². The van der Waals surface area contributed by atoms with Gasteiger partial charge in [-0.2, -0.15) is 0 Å². The lowest BCUT2D eigenvalue weighted by atomic mass is 10.0. The molecule has 0 bridgehead atoms.